The molecule has 18 heavy (non-hydrogen) atoms. The van der Waals surface area contributed by atoms with Crippen molar-refractivity contribution in [2.75, 3.05) is 7.05 Å². The third kappa shape index (κ3) is 1.97. The van der Waals surface area contributed by atoms with Crippen molar-refractivity contribution < 1.29 is 4.42 Å². The molecule has 2 aromatic rings. The molecule has 0 bridgehead atoms. The molecule has 0 radical (unpaired) electrons. The predicted octanol–water partition coefficient (Wildman–Crippen LogP) is 3.58. The van der Waals surface area contributed by atoms with Gasteiger partial charge in [0, 0.05) is 11.6 Å². The summed E-state index contributed by atoms with van der Waals surface area (Å²) < 4.78 is 5.41. The van der Waals surface area contributed by atoms with Gasteiger partial charge in [-0.3, -0.25) is 0 Å². The summed E-state index contributed by atoms with van der Waals surface area (Å²) in [4.78, 5) is 0. The minimum Gasteiger partial charge on any atom is -0.469 e. The quantitative estimate of drug-likeness (QED) is 0.885. The van der Waals surface area contributed by atoms with Gasteiger partial charge < -0.3 is 9.73 Å². The number of aryl methyl sites for hydroxylation is 1. The number of fused-ring (bicyclic) bond motifs is 1. The SMILES string of the molecule is CNC(CC1Cc2ccccc21)c1coc(C)c1. The molecule has 1 aromatic heterocycles. The van der Waals surface area contributed by atoms with Gasteiger partial charge in [0.15, 0.2) is 0 Å². The summed E-state index contributed by atoms with van der Waals surface area (Å²) in [5.41, 5.74) is 4.30. The standard InChI is InChI=1S/C16H19NO/c1-11-7-14(10-18-11)16(17-2)9-13-8-12-5-3-4-6-15(12)13/h3-7,10,13,16-17H,8-9H2,1-2H3. The molecule has 2 heteroatoms. The third-order valence-electron chi connectivity index (χ3n) is 3.98. The minimum absolute atomic E-state index is 0.390. The van der Waals surface area contributed by atoms with Gasteiger partial charge >= 0.3 is 0 Å². The van der Waals surface area contributed by atoms with Gasteiger partial charge in [-0.25, -0.2) is 0 Å². The highest BCUT2D eigenvalue weighted by molar-refractivity contribution is 5.40. The van der Waals surface area contributed by atoms with E-state index in [0.717, 1.165) is 12.2 Å². The fraction of sp³-hybridized carbons (Fsp3) is 0.375. The molecule has 0 saturated heterocycles. The van der Waals surface area contributed by atoms with Gasteiger partial charge in [-0.1, -0.05) is 24.3 Å². The van der Waals surface area contributed by atoms with E-state index in [9.17, 15) is 0 Å². The van der Waals surface area contributed by atoms with Gasteiger partial charge in [-0.05, 0) is 49.9 Å². The largest absolute Gasteiger partial charge is 0.469 e. The molecular weight excluding hydrogens is 222 g/mol. The molecule has 0 amide bonds. The van der Waals surface area contributed by atoms with Crippen molar-refractivity contribution in [1.29, 1.82) is 0 Å². The molecule has 1 heterocycles. The molecule has 0 saturated carbocycles. The monoisotopic (exact) mass is 241 g/mol. The molecule has 2 unspecified atom stereocenters. The second kappa shape index (κ2) is 4.62. The molecule has 1 aliphatic carbocycles. The first-order valence-electron chi connectivity index (χ1n) is 6.58. The Morgan fingerprint density at radius 2 is 2.22 bits per heavy atom. The van der Waals surface area contributed by atoms with Crippen LogP contribution in [0.4, 0.5) is 0 Å². The van der Waals surface area contributed by atoms with Gasteiger partial charge in [-0.2, -0.15) is 0 Å². The molecule has 3 rings (SSSR count). The van der Waals surface area contributed by atoms with E-state index >= 15 is 0 Å². The topological polar surface area (TPSA) is 25.2 Å². The molecule has 1 aliphatic rings. The van der Waals surface area contributed by atoms with Gasteiger partial charge in [0.05, 0.1) is 6.26 Å². The van der Waals surface area contributed by atoms with Crippen molar-refractivity contribution >= 4 is 0 Å². The summed E-state index contributed by atoms with van der Waals surface area (Å²) in [6, 6.07) is 11.3. The van der Waals surface area contributed by atoms with Crippen LogP contribution in [0.25, 0.3) is 0 Å². The Morgan fingerprint density at radius 1 is 1.39 bits per heavy atom. The van der Waals surface area contributed by atoms with Crippen LogP contribution in [0.3, 0.4) is 0 Å². The molecule has 0 fully saturated rings. The number of rotatable bonds is 4. The fourth-order valence-electron chi connectivity index (χ4n) is 2.92. The smallest absolute Gasteiger partial charge is 0.101 e. The Bertz CT molecular complexity index is 544. The van der Waals surface area contributed by atoms with E-state index in [1.807, 2.05) is 20.2 Å². The van der Waals surface area contributed by atoms with Crippen LogP contribution in [0.2, 0.25) is 0 Å². The lowest BCUT2D eigenvalue weighted by atomic mass is 9.74. The lowest BCUT2D eigenvalue weighted by molar-refractivity contribution is 0.446. The average molecular weight is 241 g/mol. The molecule has 2 atom stereocenters. The third-order valence-corrected chi connectivity index (χ3v) is 3.98. The van der Waals surface area contributed by atoms with Gasteiger partial charge in [0.25, 0.3) is 0 Å². The van der Waals surface area contributed by atoms with Crippen molar-refractivity contribution in [3.63, 3.8) is 0 Å². The molecule has 94 valence electrons. The Kier molecular flexibility index (Phi) is 2.96. The van der Waals surface area contributed by atoms with Crippen LogP contribution in [-0.4, -0.2) is 7.05 Å². The molecule has 0 spiro atoms. The number of hydrogen-bond acceptors (Lipinski definition) is 2. The first-order chi connectivity index (χ1) is 8.78. The van der Waals surface area contributed by atoms with E-state index in [0.29, 0.717) is 12.0 Å². The summed E-state index contributed by atoms with van der Waals surface area (Å²) in [6.45, 7) is 1.99. The van der Waals surface area contributed by atoms with Crippen LogP contribution in [-0.2, 0) is 6.42 Å². The molecule has 1 N–H and O–H groups in total. The Hall–Kier alpha value is -1.54. The van der Waals surface area contributed by atoms with Crippen LogP contribution < -0.4 is 5.32 Å². The highest BCUT2D eigenvalue weighted by atomic mass is 16.3. The first kappa shape index (κ1) is 11.5. The number of hydrogen-bond donors (Lipinski definition) is 1. The molecule has 0 aliphatic heterocycles. The van der Waals surface area contributed by atoms with Crippen molar-refractivity contribution in [2.45, 2.75) is 31.7 Å². The zero-order valence-corrected chi connectivity index (χ0v) is 10.9. The van der Waals surface area contributed by atoms with E-state index in [1.165, 1.54) is 23.1 Å². The molecule has 1 aromatic carbocycles. The molecular formula is C16H19NO. The highest BCUT2D eigenvalue weighted by Gasteiger charge is 2.28. The summed E-state index contributed by atoms with van der Waals surface area (Å²) in [6.07, 6.45) is 4.23. The lowest BCUT2D eigenvalue weighted by Crippen LogP contribution is -2.24. The van der Waals surface area contributed by atoms with Crippen molar-refractivity contribution in [2.24, 2.45) is 0 Å². The maximum Gasteiger partial charge on any atom is 0.101 e. The molecule has 2 nitrogen and oxygen atoms in total. The van der Waals surface area contributed by atoms with E-state index in [2.05, 4.69) is 35.6 Å². The minimum atomic E-state index is 0.390. The van der Waals surface area contributed by atoms with Crippen LogP contribution in [0.15, 0.2) is 41.0 Å². The lowest BCUT2D eigenvalue weighted by Gasteiger charge is -2.32. The summed E-state index contributed by atoms with van der Waals surface area (Å²) >= 11 is 0. The zero-order valence-electron chi connectivity index (χ0n) is 10.9. The summed E-state index contributed by atoms with van der Waals surface area (Å²) in [5.74, 6) is 1.67. The van der Waals surface area contributed by atoms with E-state index in [1.54, 1.807) is 0 Å². The first-order valence-corrected chi connectivity index (χ1v) is 6.58. The predicted molar refractivity (Wildman–Crippen MR) is 72.7 cm³/mol. The van der Waals surface area contributed by atoms with E-state index in [-0.39, 0.29) is 0 Å². The second-order valence-corrected chi connectivity index (χ2v) is 5.17. The average Bonchev–Trinajstić information content (AvgIpc) is 2.77. The number of benzene rings is 1. The number of nitrogens with one attached hydrogen (secondary N) is 1. The summed E-state index contributed by atoms with van der Waals surface area (Å²) in [7, 11) is 2.03. The van der Waals surface area contributed by atoms with Crippen molar-refractivity contribution in [1.82, 2.24) is 5.32 Å². The maximum absolute atomic E-state index is 5.41. The number of furan rings is 1. The van der Waals surface area contributed by atoms with Gasteiger partial charge in [0.2, 0.25) is 0 Å². The fourth-order valence-corrected chi connectivity index (χ4v) is 2.92. The van der Waals surface area contributed by atoms with Crippen LogP contribution >= 0.6 is 0 Å². The Labute approximate surface area is 108 Å². The zero-order chi connectivity index (χ0) is 12.5. The second-order valence-electron chi connectivity index (χ2n) is 5.17. The van der Waals surface area contributed by atoms with Crippen LogP contribution in [0.1, 0.15) is 40.8 Å². The Morgan fingerprint density at radius 3 is 2.89 bits per heavy atom. The summed E-state index contributed by atoms with van der Waals surface area (Å²) in [5, 5.41) is 3.40. The van der Waals surface area contributed by atoms with E-state index < -0.39 is 0 Å². The highest BCUT2D eigenvalue weighted by Crippen LogP contribution is 2.40. The van der Waals surface area contributed by atoms with E-state index in [4.69, 9.17) is 4.42 Å². The normalized spacial score (nSPS) is 19.1. The van der Waals surface area contributed by atoms with Gasteiger partial charge in [0.1, 0.15) is 5.76 Å². The maximum atomic E-state index is 5.41. The van der Waals surface area contributed by atoms with Crippen LogP contribution in [0, 0.1) is 6.92 Å². The van der Waals surface area contributed by atoms with Crippen molar-refractivity contribution in [3.8, 4) is 0 Å². The Balaban J connectivity index is 1.73. The van der Waals surface area contributed by atoms with Gasteiger partial charge in [-0.15, -0.1) is 0 Å². The van der Waals surface area contributed by atoms with Crippen LogP contribution in [0.5, 0.6) is 0 Å². The van der Waals surface area contributed by atoms with Crippen molar-refractivity contribution in [3.05, 3.63) is 59.0 Å².